The first kappa shape index (κ1) is 19.6. The van der Waals surface area contributed by atoms with Gasteiger partial charge in [0.2, 0.25) is 0 Å². The maximum absolute atomic E-state index is 13.7. The summed E-state index contributed by atoms with van der Waals surface area (Å²) >= 11 is 4.76. The summed E-state index contributed by atoms with van der Waals surface area (Å²) in [5.74, 6) is -1.16. The molecule has 0 radical (unpaired) electrons. The molecule has 136 valence electrons. The van der Waals surface area contributed by atoms with Gasteiger partial charge in [-0.05, 0) is 54.0 Å². The monoisotopic (exact) mass is 364 g/mol. The van der Waals surface area contributed by atoms with Gasteiger partial charge in [0.05, 0.1) is 0 Å². The van der Waals surface area contributed by atoms with Crippen LogP contribution < -0.4 is 0 Å². The molecule has 24 heavy (non-hydrogen) atoms. The molecule has 1 aromatic carbocycles. The average Bonchev–Trinajstić information content (AvgIpc) is 2.50. The maximum atomic E-state index is 13.7. The van der Waals surface area contributed by atoms with Crippen molar-refractivity contribution in [3.8, 4) is 0 Å². The van der Waals surface area contributed by atoms with E-state index in [-0.39, 0.29) is 0 Å². The molecular formula is C19H25ClF4. The molecule has 1 saturated carbocycles. The van der Waals surface area contributed by atoms with Crippen LogP contribution in [0.5, 0.6) is 0 Å². The largest absolute Gasteiger partial charge is 0.353 e. The van der Waals surface area contributed by atoms with Crippen LogP contribution in [0.4, 0.5) is 17.6 Å². The molecule has 0 N–H and O–H groups in total. The van der Waals surface area contributed by atoms with Gasteiger partial charge in [0.15, 0.2) is 0 Å². The molecule has 0 unspecified atom stereocenters. The Morgan fingerprint density at radius 2 is 1.50 bits per heavy atom. The van der Waals surface area contributed by atoms with Gasteiger partial charge in [-0.25, -0.2) is 8.78 Å². The summed E-state index contributed by atoms with van der Waals surface area (Å²) in [6, 6.07) is 1.98. The van der Waals surface area contributed by atoms with Crippen LogP contribution in [-0.2, 0) is 11.8 Å². The van der Waals surface area contributed by atoms with Crippen molar-refractivity contribution in [2.75, 3.05) is 0 Å². The Bertz CT molecular complexity index is 508. The number of hydrogen-bond acceptors (Lipinski definition) is 0. The third-order valence-electron chi connectivity index (χ3n) is 5.16. The van der Waals surface area contributed by atoms with Crippen LogP contribution in [0, 0.1) is 23.5 Å². The van der Waals surface area contributed by atoms with E-state index in [2.05, 4.69) is 6.92 Å². The molecule has 0 amide bonds. The van der Waals surface area contributed by atoms with E-state index < -0.39 is 22.6 Å². The smallest absolute Gasteiger partial charge is 0.206 e. The second-order valence-electron chi connectivity index (χ2n) is 7.00. The zero-order chi connectivity index (χ0) is 17.7. The van der Waals surface area contributed by atoms with Gasteiger partial charge in [-0.2, -0.15) is 8.78 Å². The molecule has 1 fully saturated rings. The minimum atomic E-state index is -4.02. The Balaban J connectivity index is 1.87. The van der Waals surface area contributed by atoms with E-state index >= 15 is 0 Å². The summed E-state index contributed by atoms with van der Waals surface area (Å²) in [5, 5.41) is -4.02. The SMILES string of the molecule is CCCCC1CCC(CCc2cc(F)c(C(F)(F)Cl)c(F)c2)CC1. The Morgan fingerprint density at radius 3 is 1.96 bits per heavy atom. The van der Waals surface area contributed by atoms with Gasteiger partial charge in [-0.15, -0.1) is 0 Å². The van der Waals surface area contributed by atoms with Crippen molar-refractivity contribution in [1.29, 1.82) is 0 Å². The van der Waals surface area contributed by atoms with Gasteiger partial charge < -0.3 is 0 Å². The Morgan fingerprint density at radius 1 is 1.00 bits per heavy atom. The Labute approximate surface area is 146 Å². The van der Waals surface area contributed by atoms with Crippen molar-refractivity contribution in [3.63, 3.8) is 0 Å². The molecular weight excluding hydrogens is 340 g/mol. The molecule has 0 nitrogen and oxygen atoms in total. The first-order valence-electron chi connectivity index (χ1n) is 8.86. The number of alkyl halides is 3. The zero-order valence-corrected chi connectivity index (χ0v) is 14.8. The van der Waals surface area contributed by atoms with E-state index in [4.69, 9.17) is 11.6 Å². The minimum absolute atomic E-state index is 0.419. The average molecular weight is 365 g/mol. The van der Waals surface area contributed by atoms with Gasteiger partial charge in [-0.1, -0.05) is 51.9 Å². The summed E-state index contributed by atoms with van der Waals surface area (Å²) in [6.45, 7) is 2.20. The molecule has 5 heteroatoms. The van der Waals surface area contributed by atoms with Gasteiger partial charge in [-0.3, -0.25) is 0 Å². The van der Waals surface area contributed by atoms with Crippen LogP contribution in [0.25, 0.3) is 0 Å². The number of rotatable bonds is 7. The van der Waals surface area contributed by atoms with E-state index in [0.29, 0.717) is 17.9 Å². The lowest BCUT2D eigenvalue weighted by Gasteiger charge is -2.28. The highest BCUT2D eigenvalue weighted by molar-refractivity contribution is 6.21. The highest BCUT2D eigenvalue weighted by Gasteiger charge is 2.35. The molecule has 0 bridgehead atoms. The lowest BCUT2D eigenvalue weighted by Crippen LogP contribution is -2.15. The van der Waals surface area contributed by atoms with Crippen LogP contribution in [0.1, 0.15) is 69.4 Å². The maximum Gasteiger partial charge on any atom is 0.353 e. The molecule has 1 aliphatic rings. The Hall–Kier alpha value is -0.770. The van der Waals surface area contributed by atoms with Gasteiger partial charge in [0.1, 0.15) is 17.2 Å². The molecule has 1 aromatic rings. The van der Waals surface area contributed by atoms with E-state index in [1.54, 1.807) is 0 Å². The number of halogens is 5. The minimum Gasteiger partial charge on any atom is -0.206 e. The van der Waals surface area contributed by atoms with E-state index in [9.17, 15) is 17.6 Å². The molecule has 2 rings (SSSR count). The molecule has 0 spiro atoms. The van der Waals surface area contributed by atoms with Crippen LogP contribution in [-0.4, -0.2) is 0 Å². The molecule has 0 aliphatic heterocycles. The lowest BCUT2D eigenvalue weighted by molar-refractivity contribution is 0.0858. The molecule has 0 saturated heterocycles. The summed E-state index contributed by atoms with van der Waals surface area (Å²) in [6.07, 6.45) is 9.92. The van der Waals surface area contributed by atoms with Crippen molar-refractivity contribution >= 4 is 11.6 Å². The summed E-state index contributed by atoms with van der Waals surface area (Å²) in [7, 11) is 0. The lowest BCUT2D eigenvalue weighted by atomic mass is 9.78. The van der Waals surface area contributed by atoms with Crippen LogP contribution in [0.3, 0.4) is 0 Å². The standard InChI is InChI=1S/C19H25ClF4/c1-2-3-4-13-5-7-14(8-6-13)9-10-15-11-16(21)18(17(22)12-15)19(20,23)24/h11-14H,2-10H2,1H3. The first-order valence-corrected chi connectivity index (χ1v) is 9.24. The van der Waals surface area contributed by atoms with Gasteiger partial charge in [0.25, 0.3) is 0 Å². The predicted molar refractivity (Wildman–Crippen MR) is 89.4 cm³/mol. The number of benzene rings is 1. The topological polar surface area (TPSA) is 0 Å². The van der Waals surface area contributed by atoms with Gasteiger partial charge >= 0.3 is 5.38 Å². The molecule has 1 aliphatic carbocycles. The van der Waals surface area contributed by atoms with Crippen LogP contribution in [0.15, 0.2) is 12.1 Å². The molecule has 0 aromatic heterocycles. The van der Waals surface area contributed by atoms with E-state index in [0.717, 1.165) is 37.3 Å². The fourth-order valence-electron chi connectivity index (χ4n) is 3.71. The van der Waals surface area contributed by atoms with Crippen LogP contribution in [0.2, 0.25) is 0 Å². The third-order valence-corrected chi connectivity index (χ3v) is 5.35. The fourth-order valence-corrected chi connectivity index (χ4v) is 3.89. The van der Waals surface area contributed by atoms with Crippen molar-refractivity contribution in [3.05, 3.63) is 34.9 Å². The van der Waals surface area contributed by atoms with E-state index in [1.807, 2.05) is 0 Å². The first-order chi connectivity index (χ1) is 11.3. The predicted octanol–water partition coefficient (Wildman–Crippen LogP) is 7.18. The zero-order valence-electron chi connectivity index (χ0n) is 14.1. The summed E-state index contributed by atoms with van der Waals surface area (Å²) < 4.78 is 53.5. The number of aryl methyl sites for hydroxylation is 1. The number of hydrogen-bond donors (Lipinski definition) is 0. The fraction of sp³-hybridized carbons (Fsp3) is 0.684. The Kier molecular flexibility index (Phi) is 6.97. The highest BCUT2D eigenvalue weighted by Crippen LogP contribution is 2.37. The number of unbranched alkanes of at least 4 members (excludes halogenated alkanes) is 1. The van der Waals surface area contributed by atoms with Crippen molar-refractivity contribution in [1.82, 2.24) is 0 Å². The summed E-state index contributed by atoms with van der Waals surface area (Å²) in [4.78, 5) is 0. The second kappa shape index (κ2) is 8.55. The second-order valence-corrected chi connectivity index (χ2v) is 7.47. The van der Waals surface area contributed by atoms with Crippen molar-refractivity contribution in [2.45, 2.75) is 70.1 Å². The van der Waals surface area contributed by atoms with Crippen molar-refractivity contribution in [2.24, 2.45) is 11.8 Å². The van der Waals surface area contributed by atoms with Gasteiger partial charge in [0, 0.05) is 0 Å². The van der Waals surface area contributed by atoms with E-state index in [1.165, 1.54) is 32.1 Å². The molecule has 0 heterocycles. The van der Waals surface area contributed by atoms with Crippen molar-refractivity contribution < 1.29 is 17.6 Å². The van der Waals surface area contributed by atoms with Crippen LogP contribution >= 0.6 is 11.6 Å². The summed E-state index contributed by atoms with van der Waals surface area (Å²) in [5.41, 5.74) is -0.938. The third kappa shape index (κ3) is 5.37. The highest BCUT2D eigenvalue weighted by atomic mass is 35.5. The normalized spacial score (nSPS) is 21.9. The molecule has 0 atom stereocenters. The quantitative estimate of drug-likeness (QED) is 0.355.